The van der Waals surface area contributed by atoms with Crippen LogP contribution in [-0.4, -0.2) is 47.3 Å². The fourth-order valence-electron chi connectivity index (χ4n) is 1.63. The van der Waals surface area contributed by atoms with Crippen molar-refractivity contribution in [3.8, 4) is 0 Å². The minimum atomic E-state index is -0.871. The van der Waals surface area contributed by atoms with Crippen molar-refractivity contribution in [3.05, 3.63) is 30.1 Å². The molecule has 0 amide bonds. The van der Waals surface area contributed by atoms with Gasteiger partial charge in [0.15, 0.2) is 0 Å². The molecule has 0 radical (unpaired) electrons. The highest BCUT2D eigenvalue weighted by Gasteiger charge is 2.24. The van der Waals surface area contributed by atoms with Gasteiger partial charge in [-0.25, -0.2) is 0 Å². The molecule has 0 aliphatic rings. The van der Waals surface area contributed by atoms with E-state index in [1.54, 1.807) is 6.20 Å². The van der Waals surface area contributed by atoms with Gasteiger partial charge in [-0.15, -0.1) is 0 Å². The molecular weight excluding hydrogens is 220 g/mol. The van der Waals surface area contributed by atoms with E-state index < -0.39 is 12.0 Å². The molecule has 0 aliphatic carbocycles. The third kappa shape index (κ3) is 4.13. The Bertz CT molecular complexity index is 343. The van der Waals surface area contributed by atoms with Crippen LogP contribution in [-0.2, 0) is 16.1 Å². The molecule has 1 N–H and O–H groups in total. The fourth-order valence-corrected chi connectivity index (χ4v) is 1.63. The number of methoxy groups -OCH3 is 1. The first kappa shape index (κ1) is 13.6. The van der Waals surface area contributed by atoms with Gasteiger partial charge in [-0.3, -0.25) is 14.7 Å². The van der Waals surface area contributed by atoms with Gasteiger partial charge in [0.1, 0.15) is 6.04 Å². The first-order valence-electron chi connectivity index (χ1n) is 5.54. The fraction of sp³-hybridized carbons (Fsp3) is 0.500. The summed E-state index contributed by atoms with van der Waals surface area (Å²) in [6, 6.07) is 4.98. The van der Waals surface area contributed by atoms with Crippen molar-refractivity contribution in [2.75, 3.05) is 20.3 Å². The second-order valence-electron chi connectivity index (χ2n) is 3.69. The van der Waals surface area contributed by atoms with E-state index in [4.69, 9.17) is 9.84 Å². The average molecular weight is 238 g/mol. The van der Waals surface area contributed by atoms with Crippen LogP contribution in [0.5, 0.6) is 0 Å². The zero-order chi connectivity index (χ0) is 12.7. The second kappa shape index (κ2) is 6.98. The van der Waals surface area contributed by atoms with Gasteiger partial charge in [0, 0.05) is 19.9 Å². The van der Waals surface area contributed by atoms with Crippen molar-refractivity contribution in [1.29, 1.82) is 0 Å². The number of rotatable bonds is 7. The van der Waals surface area contributed by atoms with Crippen molar-refractivity contribution in [2.45, 2.75) is 19.5 Å². The van der Waals surface area contributed by atoms with Crippen LogP contribution < -0.4 is 0 Å². The lowest BCUT2D eigenvalue weighted by Gasteiger charge is -2.26. The van der Waals surface area contributed by atoms with Gasteiger partial charge in [-0.1, -0.05) is 13.0 Å². The van der Waals surface area contributed by atoms with Crippen molar-refractivity contribution >= 4 is 5.97 Å². The molecule has 1 rings (SSSR count). The number of carbonyl (C=O) groups is 1. The molecule has 0 fully saturated rings. The zero-order valence-corrected chi connectivity index (χ0v) is 10.2. The molecule has 1 heterocycles. The van der Waals surface area contributed by atoms with Crippen LogP contribution in [0.1, 0.15) is 12.6 Å². The number of hydrogen-bond donors (Lipinski definition) is 1. The molecule has 1 aromatic rings. The molecule has 94 valence electrons. The molecule has 1 atom stereocenters. The van der Waals surface area contributed by atoms with Crippen molar-refractivity contribution in [1.82, 2.24) is 9.88 Å². The van der Waals surface area contributed by atoms with Crippen molar-refractivity contribution < 1.29 is 14.6 Å². The van der Waals surface area contributed by atoms with E-state index in [0.29, 0.717) is 13.1 Å². The molecule has 17 heavy (non-hydrogen) atoms. The lowest BCUT2D eigenvalue weighted by molar-refractivity contribution is -0.145. The number of hydrogen-bond acceptors (Lipinski definition) is 4. The van der Waals surface area contributed by atoms with Gasteiger partial charge in [-0.05, 0) is 18.7 Å². The van der Waals surface area contributed by atoms with Gasteiger partial charge in [0.05, 0.1) is 12.3 Å². The Morgan fingerprint density at radius 2 is 2.35 bits per heavy atom. The Morgan fingerprint density at radius 3 is 2.82 bits per heavy atom. The van der Waals surface area contributed by atoms with Crippen molar-refractivity contribution in [3.63, 3.8) is 0 Å². The lowest BCUT2D eigenvalue weighted by Crippen LogP contribution is -2.43. The Labute approximate surface area is 101 Å². The first-order valence-corrected chi connectivity index (χ1v) is 5.54. The molecule has 0 aliphatic heterocycles. The molecular formula is C12H18N2O3. The van der Waals surface area contributed by atoms with Crippen molar-refractivity contribution in [2.24, 2.45) is 0 Å². The first-order chi connectivity index (χ1) is 8.19. The van der Waals surface area contributed by atoms with E-state index in [2.05, 4.69) is 4.98 Å². The van der Waals surface area contributed by atoms with Crippen LogP contribution in [0, 0.1) is 0 Å². The van der Waals surface area contributed by atoms with Crippen LogP contribution >= 0.6 is 0 Å². The number of aromatic nitrogens is 1. The summed E-state index contributed by atoms with van der Waals surface area (Å²) < 4.78 is 4.94. The Hall–Kier alpha value is -1.46. The van der Waals surface area contributed by atoms with Crippen LogP contribution in [0.4, 0.5) is 0 Å². The van der Waals surface area contributed by atoms with Crippen LogP contribution in [0.2, 0.25) is 0 Å². The number of aliphatic carboxylic acids is 1. The van der Waals surface area contributed by atoms with Gasteiger partial charge in [0.2, 0.25) is 0 Å². The lowest BCUT2D eigenvalue weighted by atomic mass is 10.2. The summed E-state index contributed by atoms with van der Waals surface area (Å²) in [4.78, 5) is 17.2. The molecule has 0 bridgehead atoms. The maximum atomic E-state index is 11.1. The maximum absolute atomic E-state index is 11.1. The highest BCUT2D eigenvalue weighted by atomic mass is 16.5. The molecule has 0 saturated carbocycles. The summed E-state index contributed by atoms with van der Waals surface area (Å²) in [6.45, 7) is 3.25. The van der Waals surface area contributed by atoms with Crippen LogP contribution in [0.25, 0.3) is 0 Å². The van der Waals surface area contributed by atoms with E-state index in [1.165, 1.54) is 7.11 Å². The summed E-state index contributed by atoms with van der Waals surface area (Å²) in [5.74, 6) is -0.871. The van der Waals surface area contributed by atoms with E-state index in [-0.39, 0.29) is 6.61 Å². The predicted molar refractivity (Wildman–Crippen MR) is 63.6 cm³/mol. The molecule has 0 saturated heterocycles. The van der Waals surface area contributed by atoms with E-state index in [1.807, 2.05) is 30.0 Å². The SMILES string of the molecule is CCN(Cc1ccccn1)C(COC)C(=O)O. The number of ether oxygens (including phenoxy) is 1. The van der Waals surface area contributed by atoms with E-state index in [0.717, 1.165) is 5.69 Å². The van der Waals surface area contributed by atoms with Crippen LogP contribution in [0.3, 0.4) is 0 Å². The summed E-state index contributed by atoms with van der Waals surface area (Å²) in [6.07, 6.45) is 1.70. The second-order valence-corrected chi connectivity index (χ2v) is 3.69. The van der Waals surface area contributed by atoms with Gasteiger partial charge in [0.25, 0.3) is 0 Å². The number of carboxylic acid groups (broad SMARTS) is 1. The predicted octanol–water partition coefficient (Wildman–Crippen LogP) is 1.00. The maximum Gasteiger partial charge on any atom is 0.323 e. The normalized spacial score (nSPS) is 12.6. The molecule has 5 heteroatoms. The Balaban J connectivity index is 2.72. The summed E-state index contributed by atoms with van der Waals surface area (Å²) >= 11 is 0. The molecule has 0 aromatic carbocycles. The smallest absolute Gasteiger partial charge is 0.323 e. The summed E-state index contributed by atoms with van der Waals surface area (Å²) in [7, 11) is 1.50. The molecule has 0 spiro atoms. The Morgan fingerprint density at radius 1 is 1.59 bits per heavy atom. The van der Waals surface area contributed by atoms with E-state index >= 15 is 0 Å². The topological polar surface area (TPSA) is 62.7 Å². The van der Waals surface area contributed by atoms with Gasteiger partial charge in [-0.2, -0.15) is 0 Å². The number of likely N-dealkylation sites (N-methyl/N-ethyl adjacent to an activating group) is 1. The minimum Gasteiger partial charge on any atom is -0.480 e. The van der Waals surface area contributed by atoms with Crippen LogP contribution in [0.15, 0.2) is 24.4 Å². The Kier molecular flexibility index (Phi) is 5.59. The molecule has 5 nitrogen and oxygen atoms in total. The minimum absolute atomic E-state index is 0.177. The third-order valence-electron chi connectivity index (χ3n) is 2.55. The zero-order valence-electron chi connectivity index (χ0n) is 10.2. The average Bonchev–Trinajstić information content (AvgIpc) is 2.34. The molecule has 1 unspecified atom stereocenters. The van der Waals surface area contributed by atoms with Gasteiger partial charge >= 0.3 is 5.97 Å². The monoisotopic (exact) mass is 238 g/mol. The standard InChI is InChI=1S/C12H18N2O3/c1-3-14(11(9-17-2)12(15)16)8-10-6-4-5-7-13-10/h4-7,11H,3,8-9H2,1-2H3,(H,15,16). The number of pyridine rings is 1. The summed E-state index contributed by atoms with van der Waals surface area (Å²) in [5, 5.41) is 9.14. The van der Waals surface area contributed by atoms with E-state index in [9.17, 15) is 4.79 Å². The highest BCUT2D eigenvalue weighted by Crippen LogP contribution is 2.07. The largest absolute Gasteiger partial charge is 0.480 e. The number of carboxylic acids is 1. The summed E-state index contributed by atoms with van der Waals surface area (Å²) in [5.41, 5.74) is 0.858. The molecule has 1 aromatic heterocycles. The van der Waals surface area contributed by atoms with Gasteiger partial charge < -0.3 is 9.84 Å². The third-order valence-corrected chi connectivity index (χ3v) is 2.55. The number of nitrogens with zero attached hydrogens (tertiary/aromatic N) is 2. The highest BCUT2D eigenvalue weighted by molar-refractivity contribution is 5.73. The quantitative estimate of drug-likeness (QED) is 0.768.